The monoisotopic (exact) mass is 358 g/mol. The molecule has 2 aromatic rings. The summed E-state index contributed by atoms with van der Waals surface area (Å²) in [5.41, 5.74) is 4.42. The molecule has 2 nitrogen and oxygen atoms in total. The van der Waals surface area contributed by atoms with E-state index < -0.39 is 0 Å². The highest BCUT2D eigenvalue weighted by Crippen LogP contribution is 2.29. The number of benzene rings is 1. The lowest BCUT2D eigenvalue weighted by Gasteiger charge is -2.16. The Hall–Kier alpha value is -1.31. The van der Waals surface area contributed by atoms with Crippen LogP contribution in [0.15, 0.2) is 39.8 Å². The van der Waals surface area contributed by atoms with Crippen LogP contribution in [-0.2, 0) is 18.6 Å². The second kappa shape index (κ2) is 6.64. The lowest BCUT2D eigenvalue weighted by molar-refractivity contribution is 0.660. The van der Waals surface area contributed by atoms with Gasteiger partial charge in [0.2, 0.25) is 0 Å². The van der Waals surface area contributed by atoms with E-state index in [4.69, 9.17) is 4.98 Å². The van der Waals surface area contributed by atoms with E-state index in [9.17, 15) is 5.26 Å². The quantitative estimate of drug-likeness (QED) is 0.733. The molecule has 1 aliphatic rings. The van der Waals surface area contributed by atoms with Crippen molar-refractivity contribution in [3.05, 3.63) is 57.2 Å². The molecule has 0 aliphatic heterocycles. The van der Waals surface area contributed by atoms with E-state index in [0.717, 1.165) is 33.7 Å². The Bertz CT molecular complexity index is 689. The van der Waals surface area contributed by atoms with Crippen LogP contribution in [0.1, 0.15) is 35.2 Å². The van der Waals surface area contributed by atoms with Crippen LogP contribution in [0.5, 0.6) is 0 Å². The Morgan fingerprint density at radius 2 is 1.95 bits per heavy atom. The molecule has 0 bridgehead atoms. The van der Waals surface area contributed by atoms with Gasteiger partial charge in [-0.2, -0.15) is 5.26 Å². The van der Waals surface area contributed by atoms with Crippen LogP contribution in [0, 0.1) is 11.3 Å². The molecule has 21 heavy (non-hydrogen) atoms. The number of hydrogen-bond acceptors (Lipinski definition) is 3. The number of hydrogen-bond donors (Lipinski definition) is 0. The average Bonchev–Trinajstić information content (AvgIpc) is 2.53. The highest BCUT2D eigenvalue weighted by atomic mass is 79.9. The normalized spacial score (nSPS) is 13.5. The summed E-state index contributed by atoms with van der Waals surface area (Å²) in [7, 11) is 0. The minimum atomic E-state index is 0.720. The summed E-state index contributed by atoms with van der Waals surface area (Å²) in [5, 5.41) is 10.2. The second-order valence-corrected chi connectivity index (χ2v) is 7.06. The molecule has 4 heteroatoms. The van der Waals surface area contributed by atoms with E-state index in [1.54, 1.807) is 11.8 Å². The maximum atomic E-state index is 9.34. The summed E-state index contributed by atoms with van der Waals surface area (Å²) in [5.74, 6) is 0.841. The molecule has 0 spiro atoms. The van der Waals surface area contributed by atoms with Crippen molar-refractivity contribution in [3.63, 3.8) is 0 Å². The third-order valence-corrected chi connectivity index (χ3v) is 5.27. The Kier molecular flexibility index (Phi) is 4.62. The number of pyridine rings is 1. The smallest absolute Gasteiger partial charge is 0.114 e. The Balaban J connectivity index is 1.81. The maximum Gasteiger partial charge on any atom is 0.114 e. The highest BCUT2D eigenvalue weighted by molar-refractivity contribution is 9.10. The molecule has 0 N–H and O–H groups in total. The number of rotatable bonds is 3. The van der Waals surface area contributed by atoms with Crippen molar-refractivity contribution in [2.75, 3.05) is 0 Å². The van der Waals surface area contributed by atoms with Crippen LogP contribution in [0.4, 0.5) is 0 Å². The maximum absolute atomic E-state index is 9.34. The molecular formula is C17H15BrN2S. The van der Waals surface area contributed by atoms with E-state index in [-0.39, 0.29) is 0 Å². The molecule has 1 aliphatic carbocycles. The van der Waals surface area contributed by atoms with Crippen molar-refractivity contribution in [1.82, 2.24) is 4.98 Å². The summed E-state index contributed by atoms with van der Waals surface area (Å²) in [6.07, 6.45) is 4.54. The zero-order valence-corrected chi connectivity index (χ0v) is 14.0. The number of halogens is 1. The minimum Gasteiger partial charge on any atom is -0.245 e. The van der Waals surface area contributed by atoms with E-state index in [1.165, 1.54) is 29.7 Å². The Morgan fingerprint density at radius 1 is 1.19 bits per heavy atom. The highest BCUT2D eigenvalue weighted by Gasteiger charge is 2.15. The van der Waals surface area contributed by atoms with Crippen molar-refractivity contribution >= 4 is 27.7 Å². The molecule has 0 atom stereocenters. The average molecular weight is 359 g/mol. The lowest BCUT2D eigenvalue weighted by Crippen LogP contribution is -2.07. The summed E-state index contributed by atoms with van der Waals surface area (Å²) in [4.78, 5) is 4.75. The molecule has 0 saturated heterocycles. The van der Waals surface area contributed by atoms with Gasteiger partial charge in [0.1, 0.15) is 11.1 Å². The van der Waals surface area contributed by atoms with Crippen molar-refractivity contribution in [2.24, 2.45) is 0 Å². The predicted octanol–water partition coefficient (Wildman–Crippen LogP) is 4.89. The number of thioether (sulfide) groups is 1. The third-order valence-electron chi connectivity index (χ3n) is 3.68. The summed E-state index contributed by atoms with van der Waals surface area (Å²) in [6, 6.07) is 12.6. The molecule has 0 fully saturated rings. The molecule has 0 unspecified atom stereocenters. The zero-order valence-electron chi connectivity index (χ0n) is 11.6. The van der Waals surface area contributed by atoms with Gasteiger partial charge in [0.05, 0.1) is 5.56 Å². The van der Waals surface area contributed by atoms with Gasteiger partial charge in [0.25, 0.3) is 0 Å². The van der Waals surface area contributed by atoms with Gasteiger partial charge in [0.15, 0.2) is 0 Å². The van der Waals surface area contributed by atoms with Gasteiger partial charge in [0, 0.05) is 15.9 Å². The van der Waals surface area contributed by atoms with E-state index in [0.29, 0.717) is 0 Å². The Labute approximate surface area is 137 Å². The topological polar surface area (TPSA) is 36.7 Å². The van der Waals surface area contributed by atoms with Crippen molar-refractivity contribution in [3.8, 4) is 6.07 Å². The van der Waals surface area contributed by atoms with E-state index in [1.807, 2.05) is 18.2 Å². The van der Waals surface area contributed by atoms with Crippen LogP contribution in [0.25, 0.3) is 0 Å². The van der Waals surface area contributed by atoms with E-state index >= 15 is 0 Å². The van der Waals surface area contributed by atoms with Crippen LogP contribution in [0.3, 0.4) is 0 Å². The fourth-order valence-electron chi connectivity index (χ4n) is 2.54. The van der Waals surface area contributed by atoms with Crippen LogP contribution in [0.2, 0.25) is 0 Å². The first-order chi connectivity index (χ1) is 10.3. The minimum absolute atomic E-state index is 0.720. The molecule has 3 rings (SSSR count). The summed E-state index contributed by atoms with van der Waals surface area (Å²) in [6.45, 7) is 0. The summed E-state index contributed by atoms with van der Waals surface area (Å²) >= 11 is 5.10. The molecular weight excluding hydrogens is 344 g/mol. The zero-order chi connectivity index (χ0) is 14.7. The first kappa shape index (κ1) is 14.6. The number of nitrogens with zero attached hydrogens (tertiary/aromatic N) is 2. The molecule has 0 radical (unpaired) electrons. The number of aromatic nitrogens is 1. The van der Waals surface area contributed by atoms with Crippen LogP contribution >= 0.6 is 27.7 Å². The number of fused-ring (bicyclic) bond motifs is 1. The number of nitriles is 1. The second-order valence-electron chi connectivity index (χ2n) is 5.18. The largest absolute Gasteiger partial charge is 0.245 e. The van der Waals surface area contributed by atoms with Gasteiger partial charge in [-0.25, -0.2) is 4.98 Å². The first-order valence-corrected chi connectivity index (χ1v) is 8.84. The molecule has 0 amide bonds. The van der Waals surface area contributed by atoms with Gasteiger partial charge in [-0.3, -0.25) is 0 Å². The lowest BCUT2D eigenvalue weighted by atomic mass is 9.95. The van der Waals surface area contributed by atoms with Gasteiger partial charge >= 0.3 is 0 Å². The standard InChI is InChI=1S/C17H15BrN2S/c18-15-7-5-12(6-8-15)11-21-17-14(10-19)9-13-3-1-2-4-16(13)20-17/h5-9H,1-4,11H2. The van der Waals surface area contributed by atoms with Gasteiger partial charge < -0.3 is 0 Å². The number of aryl methyl sites for hydroxylation is 2. The fourth-order valence-corrected chi connectivity index (χ4v) is 3.73. The SMILES string of the molecule is N#Cc1cc2c(nc1SCc1ccc(Br)cc1)CCCC2. The van der Waals surface area contributed by atoms with Crippen molar-refractivity contribution in [1.29, 1.82) is 5.26 Å². The van der Waals surface area contributed by atoms with Gasteiger partial charge in [-0.05, 0) is 55.0 Å². The van der Waals surface area contributed by atoms with Crippen LogP contribution in [-0.4, -0.2) is 4.98 Å². The molecule has 1 heterocycles. The van der Waals surface area contributed by atoms with Gasteiger partial charge in [-0.1, -0.05) is 28.1 Å². The molecule has 106 valence electrons. The van der Waals surface area contributed by atoms with Crippen molar-refractivity contribution < 1.29 is 0 Å². The van der Waals surface area contributed by atoms with E-state index in [2.05, 4.69) is 34.1 Å². The Morgan fingerprint density at radius 3 is 2.71 bits per heavy atom. The molecule has 0 saturated carbocycles. The van der Waals surface area contributed by atoms with Gasteiger partial charge in [-0.15, -0.1) is 11.8 Å². The fraction of sp³-hybridized carbons (Fsp3) is 0.294. The third kappa shape index (κ3) is 3.48. The predicted molar refractivity (Wildman–Crippen MR) is 89.3 cm³/mol. The first-order valence-electron chi connectivity index (χ1n) is 7.06. The van der Waals surface area contributed by atoms with Crippen molar-refractivity contribution in [2.45, 2.75) is 36.5 Å². The molecule has 1 aromatic carbocycles. The molecule has 1 aromatic heterocycles. The van der Waals surface area contributed by atoms with Crippen LogP contribution < -0.4 is 0 Å². The summed E-state index contributed by atoms with van der Waals surface area (Å²) < 4.78 is 1.08.